The van der Waals surface area contributed by atoms with Gasteiger partial charge in [-0.05, 0) is 36.4 Å². The van der Waals surface area contributed by atoms with E-state index in [1.807, 2.05) is 0 Å². The number of carbonyl (C=O) groups excluding carboxylic acids is 1. The second-order valence-electron chi connectivity index (χ2n) is 6.54. The van der Waals surface area contributed by atoms with Gasteiger partial charge in [0.25, 0.3) is 5.69 Å². The molecular formula is C21H10ClF3N2O5. The first-order valence-corrected chi connectivity index (χ1v) is 9.24. The van der Waals surface area contributed by atoms with Crippen LogP contribution in [0.4, 0.5) is 18.9 Å². The van der Waals surface area contributed by atoms with Gasteiger partial charge in [0, 0.05) is 23.3 Å². The first kappa shape index (κ1) is 21.3. The fourth-order valence-corrected chi connectivity index (χ4v) is 3.07. The van der Waals surface area contributed by atoms with Crippen molar-refractivity contribution in [2.24, 2.45) is 4.99 Å². The number of nitrogens with zero attached hydrogens (tertiary/aromatic N) is 2. The Morgan fingerprint density at radius 2 is 1.84 bits per heavy atom. The minimum Gasteiger partial charge on any atom is -0.457 e. The van der Waals surface area contributed by atoms with Crippen LogP contribution in [0.2, 0.25) is 5.02 Å². The molecule has 1 aromatic heterocycles. The summed E-state index contributed by atoms with van der Waals surface area (Å²) < 4.78 is 49.3. The molecule has 162 valence electrons. The summed E-state index contributed by atoms with van der Waals surface area (Å²) in [5.41, 5.74) is -0.977. The summed E-state index contributed by atoms with van der Waals surface area (Å²) in [5, 5.41) is 11.0. The smallest absolute Gasteiger partial charge is 0.416 e. The van der Waals surface area contributed by atoms with Gasteiger partial charge in [0.05, 0.1) is 10.5 Å². The molecule has 0 unspecified atom stereocenters. The van der Waals surface area contributed by atoms with E-state index in [-0.39, 0.29) is 45.0 Å². The van der Waals surface area contributed by atoms with Gasteiger partial charge in [0.15, 0.2) is 5.70 Å². The van der Waals surface area contributed by atoms with Crippen molar-refractivity contribution in [3.05, 3.63) is 92.3 Å². The van der Waals surface area contributed by atoms with Crippen LogP contribution in [0, 0.1) is 10.1 Å². The molecule has 2 aromatic carbocycles. The van der Waals surface area contributed by atoms with E-state index in [1.165, 1.54) is 42.5 Å². The number of nitro benzene ring substituents is 1. The van der Waals surface area contributed by atoms with E-state index < -0.39 is 22.6 Å². The molecule has 0 N–H and O–H groups in total. The lowest BCUT2D eigenvalue weighted by atomic mass is 10.1. The zero-order valence-electron chi connectivity index (χ0n) is 15.7. The molecule has 0 saturated carbocycles. The molecule has 0 radical (unpaired) electrons. The largest absolute Gasteiger partial charge is 0.457 e. The third-order valence-electron chi connectivity index (χ3n) is 4.39. The van der Waals surface area contributed by atoms with Crippen molar-refractivity contribution < 1.29 is 32.0 Å². The number of aliphatic imine (C=N–C) groups is 1. The molecule has 3 aromatic rings. The number of hydrogen-bond donors (Lipinski definition) is 0. The molecule has 0 spiro atoms. The lowest BCUT2D eigenvalue weighted by Crippen LogP contribution is -2.06. The fourth-order valence-electron chi connectivity index (χ4n) is 2.89. The Hall–Kier alpha value is -3.92. The molecular weight excluding hydrogens is 453 g/mol. The highest BCUT2D eigenvalue weighted by atomic mass is 35.5. The fraction of sp³-hybridized carbons (Fsp3) is 0.0476. The van der Waals surface area contributed by atoms with Crippen molar-refractivity contribution in [2.75, 3.05) is 0 Å². The first-order chi connectivity index (χ1) is 15.1. The number of hydrogen-bond acceptors (Lipinski definition) is 6. The van der Waals surface area contributed by atoms with Crippen LogP contribution in [0.5, 0.6) is 0 Å². The molecule has 2 heterocycles. The zero-order valence-corrected chi connectivity index (χ0v) is 16.5. The maximum atomic E-state index is 12.9. The van der Waals surface area contributed by atoms with E-state index in [0.29, 0.717) is 0 Å². The van der Waals surface area contributed by atoms with Crippen LogP contribution in [-0.2, 0) is 15.7 Å². The lowest BCUT2D eigenvalue weighted by molar-refractivity contribution is -0.384. The molecule has 0 saturated heterocycles. The van der Waals surface area contributed by atoms with Gasteiger partial charge < -0.3 is 9.15 Å². The monoisotopic (exact) mass is 462 g/mol. The maximum absolute atomic E-state index is 12.9. The summed E-state index contributed by atoms with van der Waals surface area (Å²) >= 11 is 5.77. The van der Waals surface area contributed by atoms with Crippen LogP contribution >= 0.6 is 11.6 Å². The third-order valence-corrected chi connectivity index (χ3v) is 4.71. The number of halogens is 4. The summed E-state index contributed by atoms with van der Waals surface area (Å²) in [6.07, 6.45) is -3.25. The van der Waals surface area contributed by atoms with Crippen LogP contribution in [0.15, 0.2) is 69.7 Å². The van der Waals surface area contributed by atoms with Crippen LogP contribution in [0.25, 0.3) is 17.4 Å². The van der Waals surface area contributed by atoms with Crippen LogP contribution < -0.4 is 0 Å². The number of furan rings is 1. The van der Waals surface area contributed by atoms with Gasteiger partial charge in [-0.3, -0.25) is 10.1 Å². The van der Waals surface area contributed by atoms with Crippen LogP contribution in [-0.4, -0.2) is 16.8 Å². The minimum absolute atomic E-state index is 0.0860. The SMILES string of the molecule is O=C1OC(c2ccc(Cl)c([N+](=O)[O-])c2)=N/C1=C\c1ccc(-c2cccc(C(F)(F)F)c2)o1. The van der Waals surface area contributed by atoms with Crippen molar-refractivity contribution in [3.8, 4) is 11.3 Å². The van der Waals surface area contributed by atoms with Gasteiger partial charge in [-0.2, -0.15) is 13.2 Å². The maximum Gasteiger partial charge on any atom is 0.416 e. The number of carbonyl (C=O) groups is 1. The van der Waals surface area contributed by atoms with E-state index in [9.17, 15) is 28.1 Å². The normalized spacial score (nSPS) is 15.1. The standard InChI is InChI=1S/C21H10ClF3N2O5/c22-15-6-4-12(9-17(15)27(29)30)19-26-16(20(28)32-19)10-14-5-7-18(31-14)11-2-1-3-13(8-11)21(23,24)25/h1-10H/b16-10-. The van der Waals surface area contributed by atoms with Crippen molar-refractivity contribution in [3.63, 3.8) is 0 Å². The number of rotatable bonds is 4. The van der Waals surface area contributed by atoms with Gasteiger partial charge in [0.2, 0.25) is 5.90 Å². The molecule has 32 heavy (non-hydrogen) atoms. The van der Waals surface area contributed by atoms with Crippen LogP contribution in [0.1, 0.15) is 16.9 Å². The molecule has 1 aliphatic rings. The van der Waals surface area contributed by atoms with E-state index in [4.69, 9.17) is 20.8 Å². The van der Waals surface area contributed by atoms with Gasteiger partial charge in [-0.25, -0.2) is 9.79 Å². The Morgan fingerprint density at radius 1 is 1.06 bits per heavy atom. The summed E-state index contributed by atoms with van der Waals surface area (Å²) in [6.45, 7) is 0. The van der Waals surface area contributed by atoms with Gasteiger partial charge in [0.1, 0.15) is 16.5 Å². The van der Waals surface area contributed by atoms with Crippen molar-refractivity contribution >= 4 is 35.2 Å². The van der Waals surface area contributed by atoms with Crippen molar-refractivity contribution in [1.29, 1.82) is 0 Å². The van der Waals surface area contributed by atoms with Crippen molar-refractivity contribution in [1.82, 2.24) is 0 Å². The molecule has 4 rings (SSSR count). The predicted molar refractivity (Wildman–Crippen MR) is 108 cm³/mol. The Kier molecular flexibility index (Phi) is 5.31. The number of ether oxygens (including phenoxy) is 1. The van der Waals surface area contributed by atoms with Crippen molar-refractivity contribution in [2.45, 2.75) is 6.18 Å². The summed E-state index contributed by atoms with van der Waals surface area (Å²) in [5.74, 6) is -0.677. The number of benzene rings is 2. The van der Waals surface area contributed by atoms with E-state index >= 15 is 0 Å². The zero-order chi connectivity index (χ0) is 23.0. The number of nitro groups is 1. The molecule has 0 atom stereocenters. The highest BCUT2D eigenvalue weighted by molar-refractivity contribution is 6.32. The third kappa shape index (κ3) is 4.26. The Labute approximate surface area is 182 Å². The van der Waals surface area contributed by atoms with Gasteiger partial charge in [-0.1, -0.05) is 23.7 Å². The minimum atomic E-state index is -4.50. The average molecular weight is 463 g/mol. The van der Waals surface area contributed by atoms with E-state index in [2.05, 4.69) is 4.99 Å². The molecule has 1 aliphatic heterocycles. The number of cyclic esters (lactones) is 1. The van der Waals surface area contributed by atoms with E-state index in [1.54, 1.807) is 0 Å². The van der Waals surface area contributed by atoms with Gasteiger partial charge >= 0.3 is 12.1 Å². The lowest BCUT2D eigenvalue weighted by Gasteiger charge is -2.07. The molecule has 0 bridgehead atoms. The highest BCUT2D eigenvalue weighted by Gasteiger charge is 2.31. The predicted octanol–water partition coefficient (Wildman–Crippen LogP) is 5.87. The second kappa shape index (κ2) is 7.97. The molecule has 0 fully saturated rings. The molecule has 0 aliphatic carbocycles. The second-order valence-corrected chi connectivity index (χ2v) is 6.95. The molecule has 0 amide bonds. The average Bonchev–Trinajstić information content (AvgIpc) is 3.35. The Balaban J connectivity index is 1.62. The Morgan fingerprint density at radius 3 is 2.56 bits per heavy atom. The summed E-state index contributed by atoms with van der Waals surface area (Å²) in [7, 11) is 0. The highest BCUT2D eigenvalue weighted by Crippen LogP contribution is 2.33. The molecule has 7 nitrogen and oxygen atoms in total. The molecule has 11 heteroatoms. The number of alkyl halides is 3. The van der Waals surface area contributed by atoms with Gasteiger partial charge in [-0.15, -0.1) is 0 Å². The number of esters is 1. The summed E-state index contributed by atoms with van der Waals surface area (Å²) in [4.78, 5) is 26.5. The topological polar surface area (TPSA) is 94.9 Å². The first-order valence-electron chi connectivity index (χ1n) is 8.86. The Bertz CT molecular complexity index is 1310. The summed E-state index contributed by atoms with van der Waals surface area (Å²) in [6, 6.07) is 11.3. The quantitative estimate of drug-likeness (QED) is 0.209. The van der Waals surface area contributed by atoms with E-state index in [0.717, 1.165) is 18.2 Å². The van der Waals surface area contributed by atoms with Crippen LogP contribution in [0.3, 0.4) is 0 Å².